The van der Waals surface area contributed by atoms with Gasteiger partial charge in [0.25, 0.3) is 0 Å². The summed E-state index contributed by atoms with van der Waals surface area (Å²) >= 11 is 0. The molecule has 0 saturated carbocycles. The average Bonchev–Trinajstić information content (AvgIpc) is 2.79. The number of rotatable bonds is 3. The summed E-state index contributed by atoms with van der Waals surface area (Å²) in [5.41, 5.74) is -0.256. The zero-order valence-corrected chi connectivity index (χ0v) is 17.7. The quantitative estimate of drug-likeness (QED) is 0.775. The monoisotopic (exact) mass is 450 g/mol. The second-order valence-electron chi connectivity index (χ2n) is 7.71. The Balaban J connectivity index is 1.39. The summed E-state index contributed by atoms with van der Waals surface area (Å²) in [5, 5.41) is 2.41. The van der Waals surface area contributed by atoms with Crippen LogP contribution in [0.15, 0.2) is 30.3 Å². The molecule has 0 radical (unpaired) electrons. The first-order chi connectivity index (χ1) is 15.3. The third-order valence-electron chi connectivity index (χ3n) is 5.49. The van der Waals surface area contributed by atoms with Crippen LogP contribution in [0.5, 0.6) is 0 Å². The molecule has 4 rings (SSSR count). The molecule has 8 nitrogen and oxygen atoms in total. The minimum atomic E-state index is -4.54. The van der Waals surface area contributed by atoms with Gasteiger partial charge in [-0.1, -0.05) is 12.1 Å². The minimum absolute atomic E-state index is 0.242. The van der Waals surface area contributed by atoms with E-state index in [1.165, 1.54) is 23.1 Å². The molecule has 1 aromatic carbocycles. The van der Waals surface area contributed by atoms with Gasteiger partial charge in [0.15, 0.2) is 0 Å². The number of alkyl halides is 3. The molecule has 3 heterocycles. The Hall–Kier alpha value is -3.08. The van der Waals surface area contributed by atoms with Crippen LogP contribution in [-0.2, 0) is 10.9 Å². The summed E-state index contributed by atoms with van der Waals surface area (Å²) in [7, 11) is 0. The number of urea groups is 1. The fourth-order valence-corrected chi connectivity index (χ4v) is 3.78. The van der Waals surface area contributed by atoms with Gasteiger partial charge in [-0.05, 0) is 19.1 Å². The molecule has 0 spiro atoms. The van der Waals surface area contributed by atoms with Crippen molar-refractivity contribution in [1.82, 2.24) is 14.9 Å². The Bertz CT molecular complexity index is 957. The largest absolute Gasteiger partial charge is 0.418 e. The smallest absolute Gasteiger partial charge is 0.378 e. The lowest BCUT2D eigenvalue weighted by molar-refractivity contribution is -0.136. The predicted octanol–water partition coefficient (Wildman–Crippen LogP) is 2.99. The molecule has 1 N–H and O–H groups in total. The molecule has 0 aliphatic carbocycles. The van der Waals surface area contributed by atoms with Crippen LogP contribution in [0.25, 0.3) is 0 Å². The predicted molar refractivity (Wildman–Crippen MR) is 114 cm³/mol. The number of para-hydroxylation sites is 1. The number of piperazine rings is 1. The van der Waals surface area contributed by atoms with Crippen molar-refractivity contribution >= 4 is 23.5 Å². The molecule has 2 aliphatic rings. The number of halogens is 3. The van der Waals surface area contributed by atoms with Crippen molar-refractivity contribution in [2.24, 2.45) is 0 Å². The topological polar surface area (TPSA) is 73.8 Å². The van der Waals surface area contributed by atoms with E-state index in [9.17, 15) is 18.0 Å². The number of carbonyl (C=O) groups excluding carboxylic acids is 1. The fourth-order valence-electron chi connectivity index (χ4n) is 3.78. The SMILES string of the molecule is Cc1cc(N2CCN(C(=O)Nc3ccccc3C(F)(F)F)CC2)nc(N2CCOCC2)n1. The average molecular weight is 450 g/mol. The summed E-state index contributed by atoms with van der Waals surface area (Å²) in [6, 6.07) is 6.33. The van der Waals surface area contributed by atoms with Crippen LogP contribution in [0.1, 0.15) is 11.3 Å². The van der Waals surface area contributed by atoms with Gasteiger partial charge in [0, 0.05) is 51.0 Å². The number of morpholine rings is 1. The highest BCUT2D eigenvalue weighted by molar-refractivity contribution is 5.90. The number of aryl methyl sites for hydroxylation is 1. The van der Waals surface area contributed by atoms with Gasteiger partial charge >= 0.3 is 12.2 Å². The number of nitrogens with zero attached hydrogens (tertiary/aromatic N) is 5. The van der Waals surface area contributed by atoms with E-state index in [4.69, 9.17) is 9.72 Å². The van der Waals surface area contributed by atoms with Crippen LogP contribution in [-0.4, -0.2) is 73.4 Å². The Morgan fingerprint density at radius 3 is 2.38 bits per heavy atom. The highest BCUT2D eigenvalue weighted by Crippen LogP contribution is 2.34. The maximum Gasteiger partial charge on any atom is 0.418 e. The second-order valence-corrected chi connectivity index (χ2v) is 7.71. The first-order valence-corrected chi connectivity index (χ1v) is 10.5. The van der Waals surface area contributed by atoms with E-state index >= 15 is 0 Å². The lowest BCUT2D eigenvalue weighted by Crippen LogP contribution is -2.50. The maximum absolute atomic E-state index is 13.2. The molecule has 0 bridgehead atoms. The van der Waals surface area contributed by atoms with Gasteiger partial charge < -0.3 is 24.8 Å². The van der Waals surface area contributed by atoms with Crippen molar-refractivity contribution in [3.8, 4) is 0 Å². The third-order valence-corrected chi connectivity index (χ3v) is 5.49. The third kappa shape index (κ3) is 5.04. The summed E-state index contributed by atoms with van der Waals surface area (Å²) < 4.78 is 44.9. The van der Waals surface area contributed by atoms with Crippen LogP contribution in [0.2, 0.25) is 0 Å². The molecule has 32 heavy (non-hydrogen) atoms. The lowest BCUT2D eigenvalue weighted by Gasteiger charge is -2.36. The Morgan fingerprint density at radius 2 is 1.69 bits per heavy atom. The maximum atomic E-state index is 13.2. The van der Waals surface area contributed by atoms with Crippen LogP contribution in [0.4, 0.5) is 35.4 Å². The molecule has 2 aromatic rings. The van der Waals surface area contributed by atoms with E-state index in [-0.39, 0.29) is 5.69 Å². The van der Waals surface area contributed by atoms with Crippen LogP contribution < -0.4 is 15.1 Å². The summed E-state index contributed by atoms with van der Waals surface area (Å²) in [5.74, 6) is 1.44. The molecular formula is C21H25F3N6O2. The number of nitrogens with one attached hydrogen (secondary N) is 1. The van der Waals surface area contributed by atoms with Gasteiger partial charge in [0.1, 0.15) is 5.82 Å². The molecule has 2 saturated heterocycles. The van der Waals surface area contributed by atoms with Crippen molar-refractivity contribution in [2.45, 2.75) is 13.1 Å². The van der Waals surface area contributed by atoms with E-state index in [0.29, 0.717) is 45.3 Å². The normalized spacial score (nSPS) is 17.4. The van der Waals surface area contributed by atoms with Gasteiger partial charge in [-0.3, -0.25) is 0 Å². The molecule has 2 amide bonds. The van der Waals surface area contributed by atoms with Crippen molar-refractivity contribution < 1.29 is 22.7 Å². The molecule has 2 fully saturated rings. The molecule has 0 unspecified atom stereocenters. The van der Waals surface area contributed by atoms with E-state index in [0.717, 1.165) is 30.7 Å². The Morgan fingerprint density at radius 1 is 1.00 bits per heavy atom. The van der Waals surface area contributed by atoms with E-state index in [1.54, 1.807) is 0 Å². The number of ether oxygens (including phenoxy) is 1. The molecule has 11 heteroatoms. The van der Waals surface area contributed by atoms with Crippen molar-refractivity contribution in [2.75, 3.05) is 67.6 Å². The van der Waals surface area contributed by atoms with Crippen molar-refractivity contribution in [3.05, 3.63) is 41.6 Å². The molecule has 2 aliphatic heterocycles. The Labute approximate surface area is 184 Å². The zero-order chi connectivity index (χ0) is 22.7. The molecule has 1 aromatic heterocycles. The lowest BCUT2D eigenvalue weighted by atomic mass is 10.1. The number of hydrogen-bond donors (Lipinski definition) is 1. The van der Waals surface area contributed by atoms with Crippen LogP contribution >= 0.6 is 0 Å². The van der Waals surface area contributed by atoms with E-state index in [2.05, 4.69) is 20.1 Å². The summed E-state index contributed by atoms with van der Waals surface area (Å²) in [4.78, 5) is 27.5. The second kappa shape index (κ2) is 9.19. The minimum Gasteiger partial charge on any atom is -0.378 e. The van der Waals surface area contributed by atoms with Gasteiger partial charge in [-0.15, -0.1) is 0 Å². The van der Waals surface area contributed by atoms with Crippen molar-refractivity contribution in [1.29, 1.82) is 0 Å². The number of hydrogen-bond acceptors (Lipinski definition) is 6. The molecule has 172 valence electrons. The highest BCUT2D eigenvalue weighted by Gasteiger charge is 2.34. The Kier molecular flexibility index (Phi) is 6.35. The number of amides is 2. The van der Waals surface area contributed by atoms with E-state index < -0.39 is 17.8 Å². The van der Waals surface area contributed by atoms with Gasteiger partial charge in [-0.25, -0.2) is 9.78 Å². The van der Waals surface area contributed by atoms with Gasteiger partial charge in [0.2, 0.25) is 5.95 Å². The number of anilines is 3. The number of benzene rings is 1. The first kappa shape index (κ1) is 22.1. The summed E-state index contributed by atoms with van der Waals surface area (Å²) in [6.45, 7) is 6.44. The number of aromatic nitrogens is 2. The standard InChI is InChI=1S/C21H25F3N6O2/c1-15-14-18(27-19(25-15)29-10-12-32-13-11-29)28-6-8-30(9-7-28)20(31)26-17-5-3-2-4-16(17)21(22,23)24/h2-5,14H,6-13H2,1H3,(H,26,31). The highest BCUT2D eigenvalue weighted by atomic mass is 19.4. The fraction of sp³-hybridized carbons (Fsp3) is 0.476. The first-order valence-electron chi connectivity index (χ1n) is 10.5. The van der Waals surface area contributed by atoms with E-state index in [1.807, 2.05) is 13.0 Å². The van der Waals surface area contributed by atoms with Crippen LogP contribution in [0, 0.1) is 6.92 Å². The van der Waals surface area contributed by atoms with Gasteiger partial charge in [0.05, 0.1) is 24.5 Å². The molecular weight excluding hydrogens is 425 g/mol. The van der Waals surface area contributed by atoms with Crippen molar-refractivity contribution in [3.63, 3.8) is 0 Å². The summed E-state index contributed by atoms with van der Waals surface area (Å²) in [6.07, 6.45) is -4.54. The zero-order valence-electron chi connectivity index (χ0n) is 17.7. The molecule has 0 atom stereocenters. The number of carbonyl (C=O) groups is 1. The van der Waals surface area contributed by atoms with Gasteiger partial charge in [-0.2, -0.15) is 18.2 Å². The van der Waals surface area contributed by atoms with Crippen LogP contribution in [0.3, 0.4) is 0 Å².